The van der Waals surface area contributed by atoms with Crippen molar-refractivity contribution in [3.63, 3.8) is 0 Å². The molecule has 2 aromatic rings. The van der Waals surface area contributed by atoms with Crippen molar-refractivity contribution in [1.29, 1.82) is 0 Å². The molecular formula is C8H6FN3. The maximum absolute atomic E-state index is 12.4. The van der Waals surface area contributed by atoms with Crippen LogP contribution in [0.4, 0.5) is 4.39 Å². The largest absolute Gasteiger partial charge is 0.343 e. The van der Waals surface area contributed by atoms with Gasteiger partial charge in [-0.2, -0.15) is 0 Å². The van der Waals surface area contributed by atoms with Crippen LogP contribution in [-0.2, 0) is 0 Å². The first-order valence-electron chi connectivity index (χ1n) is 3.47. The van der Waals surface area contributed by atoms with E-state index in [9.17, 15) is 4.39 Å². The summed E-state index contributed by atoms with van der Waals surface area (Å²) < 4.78 is 12.4. The molecule has 12 heavy (non-hydrogen) atoms. The molecule has 0 aliphatic carbocycles. The summed E-state index contributed by atoms with van der Waals surface area (Å²) in [7, 11) is 0. The van der Waals surface area contributed by atoms with E-state index in [1.54, 1.807) is 18.5 Å². The van der Waals surface area contributed by atoms with E-state index < -0.39 is 0 Å². The van der Waals surface area contributed by atoms with Gasteiger partial charge in [0.2, 0.25) is 0 Å². The van der Waals surface area contributed by atoms with Gasteiger partial charge in [0, 0.05) is 12.4 Å². The topological polar surface area (TPSA) is 41.6 Å². The average Bonchev–Trinajstić information content (AvgIpc) is 2.58. The monoisotopic (exact) mass is 163 g/mol. The summed E-state index contributed by atoms with van der Waals surface area (Å²) in [6, 6.07) is 2.93. The van der Waals surface area contributed by atoms with Crippen molar-refractivity contribution in [2.75, 3.05) is 0 Å². The molecule has 0 saturated carbocycles. The molecule has 0 radical (unpaired) electrons. The van der Waals surface area contributed by atoms with Gasteiger partial charge in [0.15, 0.2) is 5.82 Å². The second-order valence-electron chi connectivity index (χ2n) is 2.30. The molecule has 2 rings (SSSR count). The van der Waals surface area contributed by atoms with Gasteiger partial charge in [-0.1, -0.05) is 0 Å². The van der Waals surface area contributed by atoms with E-state index in [4.69, 9.17) is 0 Å². The lowest BCUT2D eigenvalue weighted by Gasteiger charge is -1.93. The summed E-state index contributed by atoms with van der Waals surface area (Å²) in [5.41, 5.74) is 0.640. The lowest BCUT2D eigenvalue weighted by molar-refractivity contribution is 0.621. The van der Waals surface area contributed by atoms with E-state index >= 15 is 0 Å². The lowest BCUT2D eigenvalue weighted by Crippen LogP contribution is -1.85. The van der Waals surface area contributed by atoms with Gasteiger partial charge < -0.3 is 4.98 Å². The highest BCUT2D eigenvalue weighted by atomic mass is 19.1. The lowest BCUT2D eigenvalue weighted by atomic mass is 10.3. The Morgan fingerprint density at radius 3 is 2.75 bits per heavy atom. The highest BCUT2D eigenvalue weighted by Crippen LogP contribution is 2.09. The van der Waals surface area contributed by atoms with Gasteiger partial charge in [-0.3, -0.25) is 0 Å². The Hall–Kier alpha value is -1.71. The third-order valence-corrected chi connectivity index (χ3v) is 1.47. The van der Waals surface area contributed by atoms with Crippen LogP contribution in [0, 0.1) is 5.82 Å². The van der Waals surface area contributed by atoms with Crippen molar-refractivity contribution in [3.8, 4) is 11.5 Å². The quantitative estimate of drug-likeness (QED) is 0.693. The number of halogens is 1. The van der Waals surface area contributed by atoms with Gasteiger partial charge in [0.1, 0.15) is 11.5 Å². The highest BCUT2D eigenvalue weighted by molar-refractivity contribution is 5.47. The number of hydrogen-bond acceptors (Lipinski definition) is 2. The van der Waals surface area contributed by atoms with E-state index in [1.807, 2.05) is 0 Å². The van der Waals surface area contributed by atoms with Crippen LogP contribution in [0.15, 0.2) is 30.7 Å². The number of H-pyrrole nitrogens is 1. The number of aromatic nitrogens is 3. The fraction of sp³-hybridized carbons (Fsp3) is 0. The van der Waals surface area contributed by atoms with Crippen LogP contribution in [0.25, 0.3) is 11.5 Å². The second kappa shape index (κ2) is 2.73. The number of pyridine rings is 1. The summed E-state index contributed by atoms with van der Waals surface area (Å²) >= 11 is 0. The van der Waals surface area contributed by atoms with E-state index in [-0.39, 0.29) is 5.82 Å². The van der Waals surface area contributed by atoms with Gasteiger partial charge in [-0.25, -0.2) is 14.4 Å². The Morgan fingerprint density at radius 2 is 2.17 bits per heavy atom. The fourth-order valence-electron chi connectivity index (χ4n) is 0.921. The average molecular weight is 163 g/mol. The molecule has 0 aliphatic rings. The van der Waals surface area contributed by atoms with Crippen molar-refractivity contribution in [2.45, 2.75) is 0 Å². The number of nitrogens with one attached hydrogen (secondary N) is 1. The van der Waals surface area contributed by atoms with Gasteiger partial charge in [-0.05, 0) is 12.1 Å². The molecule has 3 nitrogen and oxygen atoms in total. The zero-order valence-electron chi connectivity index (χ0n) is 6.16. The Bertz CT molecular complexity index is 352. The standard InChI is InChI=1S/C8H6FN3/c9-6-1-2-7(12-5-6)8-10-3-4-11-8/h1-5H,(H,10,11). The predicted molar refractivity (Wildman–Crippen MR) is 41.8 cm³/mol. The van der Waals surface area contributed by atoms with Gasteiger partial charge in [0.05, 0.1) is 6.20 Å². The molecule has 0 unspecified atom stereocenters. The molecule has 2 aromatic heterocycles. The molecule has 0 saturated heterocycles. The first-order valence-corrected chi connectivity index (χ1v) is 3.47. The van der Waals surface area contributed by atoms with E-state index in [1.165, 1.54) is 6.07 Å². The summed E-state index contributed by atoms with van der Waals surface area (Å²) in [6.07, 6.45) is 4.48. The highest BCUT2D eigenvalue weighted by Gasteiger charge is 1.99. The van der Waals surface area contributed by atoms with Crippen molar-refractivity contribution in [1.82, 2.24) is 15.0 Å². The van der Waals surface area contributed by atoms with Gasteiger partial charge in [0.25, 0.3) is 0 Å². The Kier molecular flexibility index (Phi) is 1.59. The van der Waals surface area contributed by atoms with Crippen LogP contribution in [0.1, 0.15) is 0 Å². The number of rotatable bonds is 1. The van der Waals surface area contributed by atoms with Crippen LogP contribution in [0.5, 0.6) is 0 Å². The van der Waals surface area contributed by atoms with Crippen molar-refractivity contribution >= 4 is 0 Å². The number of nitrogens with zero attached hydrogens (tertiary/aromatic N) is 2. The molecular weight excluding hydrogens is 157 g/mol. The maximum atomic E-state index is 12.4. The van der Waals surface area contributed by atoms with Crippen molar-refractivity contribution < 1.29 is 4.39 Å². The van der Waals surface area contributed by atoms with E-state index in [2.05, 4.69) is 15.0 Å². The molecule has 0 aromatic carbocycles. The SMILES string of the molecule is Fc1ccc(-c2ncc[nH]2)nc1. The molecule has 0 aliphatic heterocycles. The number of hydrogen-bond donors (Lipinski definition) is 1. The third-order valence-electron chi connectivity index (χ3n) is 1.47. The van der Waals surface area contributed by atoms with Crippen molar-refractivity contribution in [2.24, 2.45) is 0 Å². The maximum Gasteiger partial charge on any atom is 0.155 e. The molecule has 4 heteroatoms. The minimum absolute atomic E-state index is 0.342. The number of aromatic amines is 1. The second-order valence-corrected chi connectivity index (χ2v) is 2.30. The van der Waals surface area contributed by atoms with Crippen molar-refractivity contribution in [3.05, 3.63) is 36.5 Å². The van der Waals surface area contributed by atoms with E-state index in [0.29, 0.717) is 11.5 Å². The summed E-state index contributed by atoms with van der Waals surface area (Å²) in [5, 5.41) is 0. The first-order chi connectivity index (χ1) is 5.86. The molecule has 1 N–H and O–H groups in total. The zero-order valence-corrected chi connectivity index (χ0v) is 6.16. The molecule has 0 fully saturated rings. The van der Waals surface area contributed by atoms with Gasteiger partial charge >= 0.3 is 0 Å². The third kappa shape index (κ3) is 1.18. The van der Waals surface area contributed by atoms with Crippen LogP contribution < -0.4 is 0 Å². The molecule has 2 heterocycles. The molecule has 0 atom stereocenters. The zero-order chi connectivity index (χ0) is 8.39. The van der Waals surface area contributed by atoms with Crippen LogP contribution in [-0.4, -0.2) is 15.0 Å². The summed E-state index contributed by atoms with van der Waals surface area (Å²) in [4.78, 5) is 10.7. The van der Waals surface area contributed by atoms with Crippen LogP contribution >= 0.6 is 0 Å². The smallest absolute Gasteiger partial charge is 0.155 e. The first kappa shape index (κ1) is 6.97. The summed E-state index contributed by atoms with van der Waals surface area (Å²) in [6.45, 7) is 0. The molecule has 0 spiro atoms. The fourth-order valence-corrected chi connectivity index (χ4v) is 0.921. The predicted octanol–water partition coefficient (Wildman–Crippen LogP) is 1.61. The Morgan fingerprint density at radius 1 is 1.25 bits per heavy atom. The normalized spacial score (nSPS) is 10.1. The van der Waals surface area contributed by atoms with E-state index in [0.717, 1.165) is 6.20 Å². The van der Waals surface area contributed by atoms with Gasteiger partial charge in [-0.15, -0.1) is 0 Å². The molecule has 0 amide bonds. The van der Waals surface area contributed by atoms with Crippen LogP contribution in [0.2, 0.25) is 0 Å². The molecule has 0 bridgehead atoms. The summed E-state index contributed by atoms with van der Waals surface area (Å²) in [5.74, 6) is 0.306. The molecule has 60 valence electrons. The van der Waals surface area contributed by atoms with Crippen LogP contribution in [0.3, 0.4) is 0 Å². The Labute approximate surface area is 68.3 Å². The minimum atomic E-state index is -0.342. The Balaban J connectivity index is 2.43. The minimum Gasteiger partial charge on any atom is -0.343 e. The number of imidazole rings is 1.